The molecule has 2 aliphatic rings. The number of anilines is 2. The first-order valence-electron chi connectivity index (χ1n) is 7.47. The van der Waals surface area contributed by atoms with E-state index < -0.39 is 6.10 Å². The van der Waals surface area contributed by atoms with Gasteiger partial charge in [0, 0.05) is 39.3 Å². The topological polar surface area (TPSA) is 67.8 Å². The van der Waals surface area contributed by atoms with Crippen LogP contribution in [0.2, 0.25) is 0 Å². The summed E-state index contributed by atoms with van der Waals surface area (Å²) >= 11 is 0. The van der Waals surface area contributed by atoms with Crippen molar-refractivity contribution in [3.8, 4) is 0 Å². The molecule has 21 heavy (non-hydrogen) atoms. The number of amides is 1. The lowest BCUT2D eigenvalue weighted by Gasteiger charge is -2.34. The SMILES string of the molecule is O=C1CN(CC(O)CN2CCNCC2)c2ccccc2N1. The molecule has 1 atom stereocenters. The van der Waals surface area contributed by atoms with Gasteiger partial charge < -0.3 is 20.6 Å². The van der Waals surface area contributed by atoms with E-state index in [0.717, 1.165) is 37.6 Å². The van der Waals surface area contributed by atoms with Gasteiger partial charge in [0.1, 0.15) is 0 Å². The van der Waals surface area contributed by atoms with Crippen molar-refractivity contribution in [1.29, 1.82) is 0 Å². The van der Waals surface area contributed by atoms with Gasteiger partial charge in [0.2, 0.25) is 5.91 Å². The van der Waals surface area contributed by atoms with Gasteiger partial charge in [0.15, 0.2) is 0 Å². The third kappa shape index (κ3) is 3.53. The van der Waals surface area contributed by atoms with Crippen LogP contribution >= 0.6 is 0 Å². The molecule has 0 aromatic heterocycles. The highest BCUT2D eigenvalue weighted by atomic mass is 16.3. The van der Waals surface area contributed by atoms with E-state index in [9.17, 15) is 9.90 Å². The Kier molecular flexibility index (Phi) is 4.38. The molecule has 1 amide bonds. The number of aliphatic hydroxyl groups excluding tert-OH is 1. The van der Waals surface area contributed by atoms with E-state index in [1.807, 2.05) is 29.2 Å². The zero-order chi connectivity index (χ0) is 14.7. The molecule has 3 N–H and O–H groups in total. The number of nitrogens with one attached hydrogen (secondary N) is 2. The Morgan fingerprint density at radius 2 is 1.95 bits per heavy atom. The van der Waals surface area contributed by atoms with E-state index in [0.29, 0.717) is 19.6 Å². The number of rotatable bonds is 4. The Morgan fingerprint density at radius 3 is 2.76 bits per heavy atom. The lowest BCUT2D eigenvalue weighted by atomic mass is 10.1. The summed E-state index contributed by atoms with van der Waals surface area (Å²) in [6.07, 6.45) is -0.456. The van der Waals surface area contributed by atoms with E-state index in [2.05, 4.69) is 15.5 Å². The Labute approximate surface area is 124 Å². The molecule has 0 bridgehead atoms. The van der Waals surface area contributed by atoms with Gasteiger partial charge in [-0.25, -0.2) is 0 Å². The average molecular weight is 290 g/mol. The van der Waals surface area contributed by atoms with E-state index in [1.54, 1.807) is 0 Å². The lowest BCUT2D eigenvalue weighted by molar-refractivity contribution is -0.115. The minimum absolute atomic E-state index is 0.0249. The van der Waals surface area contributed by atoms with Gasteiger partial charge >= 0.3 is 0 Å². The fourth-order valence-electron chi connectivity index (χ4n) is 2.97. The summed E-state index contributed by atoms with van der Waals surface area (Å²) in [5.74, 6) is -0.0249. The Bertz CT molecular complexity index is 502. The molecule has 114 valence electrons. The number of aliphatic hydroxyl groups is 1. The molecule has 1 saturated heterocycles. The first-order valence-corrected chi connectivity index (χ1v) is 7.47. The van der Waals surface area contributed by atoms with Crippen LogP contribution in [0.15, 0.2) is 24.3 Å². The summed E-state index contributed by atoms with van der Waals surface area (Å²) in [5.41, 5.74) is 1.81. The number of carbonyl (C=O) groups excluding carboxylic acids is 1. The third-order valence-electron chi connectivity index (χ3n) is 3.96. The summed E-state index contributed by atoms with van der Waals surface area (Å²) < 4.78 is 0. The Balaban J connectivity index is 1.62. The predicted molar refractivity (Wildman–Crippen MR) is 82.6 cm³/mol. The minimum Gasteiger partial charge on any atom is -0.390 e. The predicted octanol–water partition coefficient (Wildman–Crippen LogP) is -0.289. The van der Waals surface area contributed by atoms with Crippen LogP contribution in [0.4, 0.5) is 11.4 Å². The summed E-state index contributed by atoms with van der Waals surface area (Å²) in [7, 11) is 0. The second-order valence-corrected chi connectivity index (χ2v) is 5.65. The van der Waals surface area contributed by atoms with E-state index >= 15 is 0 Å². The average Bonchev–Trinajstić information content (AvgIpc) is 2.48. The summed E-state index contributed by atoms with van der Waals surface area (Å²) in [5, 5.41) is 16.5. The highest BCUT2D eigenvalue weighted by Crippen LogP contribution is 2.28. The maximum absolute atomic E-state index is 11.8. The van der Waals surface area contributed by atoms with Crippen molar-refractivity contribution in [3.63, 3.8) is 0 Å². The zero-order valence-corrected chi connectivity index (χ0v) is 12.1. The molecule has 0 aliphatic carbocycles. The number of β-amino-alcohol motifs (C(OH)–C–C–N with tert-alkyl or cyclic N) is 1. The number of benzene rings is 1. The van der Waals surface area contributed by atoms with Crippen molar-refractivity contribution in [2.24, 2.45) is 0 Å². The van der Waals surface area contributed by atoms with Crippen LogP contribution in [0.25, 0.3) is 0 Å². The molecular weight excluding hydrogens is 268 g/mol. The van der Waals surface area contributed by atoms with Gasteiger partial charge in [-0.2, -0.15) is 0 Å². The molecule has 6 heteroatoms. The monoisotopic (exact) mass is 290 g/mol. The van der Waals surface area contributed by atoms with Crippen molar-refractivity contribution in [2.75, 3.05) is 56.0 Å². The second kappa shape index (κ2) is 6.43. The molecular formula is C15H22N4O2. The smallest absolute Gasteiger partial charge is 0.243 e. The molecule has 2 aliphatic heterocycles. The van der Waals surface area contributed by atoms with Crippen LogP contribution in [0, 0.1) is 0 Å². The highest BCUT2D eigenvalue weighted by molar-refractivity contribution is 6.01. The molecule has 1 aromatic carbocycles. The fraction of sp³-hybridized carbons (Fsp3) is 0.533. The first-order chi connectivity index (χ1) is 10.2. The van der Waals surface area contributed by atoms with Gasteiger partial charge in [-0.05, 0) is 12.1 Å². The van der Waals surface area contributed by atoms with Crippen LogP contribution < -0.4 is 15.5 Å². The fourth-order valence-corrected chi connectivity index (χ4v) is 2.97. The van der Waals surface area contributed by atoms with Gasteiger partial charge in [-0.15, -0.1) is 0 Å². The third-order valence-corrected chi connectivity index (χ3v) is 3.96. The molecule has 0 radical (unpaired) electrons. The van der Waals surface area contributed by atoms with Gasteiger partial charge in [0.05, 0.1) is 24.0 Å². The second-order valence-electron chi connectivity index (χ2n) is 5.65. The van der Waals surface area contributed by atoms with Crippen molar-refractivity contribution in [3.05, 3.63) is 24.3 Å². The number of fused-ring (bicyclic) bond motifs is 1. The van der Waals surface area contributed by atoms with Gasteiger partial charge in [-0.3, -0.25) is 9.69 Å². The number of hydrogen-bond donors (Lipinski definition) is 3. The number of hydrogen-bond acceptors (Lipinski definition) is 5. The summed E-state index contributed by atoms with van der Waals surface area (Å²) in [6, 6.07) is 7.72. The molecule has 1 fully saturated rings. The minimum atomic E-state index is -0.456. The van der Waals surface area contributed by atoms with E-state index in [1.165, 1.54) is 0 Å². The van der Waals surface area contributed by atoms with E-state index in [-0.39, 0.29) is 5.91 Å². The summed E-state index contributed by atoms with van der Waals surface area (Å²) in [4.78, 5) is 16.0. The van der Waals surface area contributed by atoms with Crippen molar-refractivity contribution in [1.82, 2.24) is 10.2 Å². The normalized spacial score (nSPS) is 20.8. The van der Waals surface area contributed by atoms with Gasteiger partial charge in [0.25, 0.3) is 0 Å². The van der Waals surface area contributed by atoms with Crippen molar-refractivity contribution in [2.45, 2.75) is 6.10 Å². The molecule has 1 unspecified atom stereocenters. The maximum atomic E-state index is 11.8. The molecule has 0 spiro atoms. The number of piperazine rings is 1. The van der Waals surface area contributed by atoms with Crippen LogP contribution in [0.3, 0.4) is 0 Å². The van der Waals surface area contributed by atoms with Crippen LogP contribution in [-0.4, -0.2) is 67.8 Å². The largest absolute Gasteiger partial charge is 0.390 e. The van der Waals surface area contributed by atoms with Crippen molar-refractivity contribution < 1.29 is 9.90 Å². The number of carbonyl (C=O) groups is 1. The first kappa shape index (κ1) is 14.3. The molecule has 1 aromatic rings. The van der Waals surface area contributed by atoms with Crippen LogP contribution in [-0.2, 0) is 4.79 Å². The van der Waals surface area contributed by atoms with Crippen LogP contribution in [0.5, 0.6) is 0 Å². The quantitative estimate of drug-likeness (QED) is 0.711. The Morgan fingerprint density at radius 1 is 1.19 bits per heavy atom. The molecule has 6 nitrogen and oxygen atoms in total. The zero-order valence-electron chi connectivity index (χ0n) is 12.1. The highest BCUT2D eigenvalue weighted by Gasteiger charge is 2.24. The van der Waals surface area contributed by atoms with Crippen molar-refractivity contribution >= 4 is 17.3 Å². The molecule has 2 heterocycles. The standard InChI is InChI=1S/C15H22N4O2/c20-12(9-18-7-5-16-6-8-18)10-19-11-15(21)17-13-3-1-2-4-14(13)19/h1-4,12,16,20H,5-11H2,(H,17,21). The van der Waals surface area contributed by atoms with Crippen LogP contribution in [0.1, 0.15) is 0 Å². The number of para-hydroxylation sites is 2. The molecule has 0 saturated carbocycles. The maximum Gasteiger partial charge on any atom is 0.243 e. The lowest BCUT2D eigenvalue weighted by Crippen LogP contribution is -2.49. The van der Waals surface area contributed by atoms with E-state index in [4.69, 9.17) is 0 Å². The Hall–Kier alpha value is -1.63. The molecule has 3 rings (SSSR count). The van der Waals surface area contributed by atoms with Gasteiger partial charge in [-0.1, -0.05) is 12.1 Å². The number of nitrogens with zero attached hydrogens (tertiary/aromatic N) is 2. The summed E-state index contributed by atoms with van der Waals surface area (Å²) in [6.45, 7) is 5.32.